The SMILES string of the molecule is O=C(O)c1ccccc1NS(=O)(=O)c1cc([N+](=O)[O-])ccc1N/N=C1/CCS(=O)(=O)c2ccc(F)cc21. The van der Waals surface area contributed by atoms with Gasteiger partial charge in [0.2, 0.25) is 0 Å². The fourth-order valence-corrected chi connectivity index (χ4v) is 6.34. The predicted molar refractivity (Wildman–Crippen MR) is 131 cm³/mol. The lowest BCUT2D eigenvalue weighted by Gasteiger charge is -2.19. The van der Waals surface area contributed by atoms with Gasteiger partial charge in [-0.3, -0.25) is 20.3 Å². The molecule has 12 nitrogen and oxygen atoms in total. The normalized spacial score (nSPS) is 15.5. The van der Waals surface area contributed by atoms with Crippen molar-refractivity contribution in [3.05, 3.63) is 87.7 Å². The number of carboxylic acid groups (broad SMARTS) is 1. The summed E-state index contributed by atoms with van der Waals surface area (Å²) >= 11 is 0. The van der Waals surface area contributed by atoms with Crippen LogP contribution in [0.2, 0.25) is 0 Å². The van der Waals surface area contributed by atoms with Crippen LogP contribution in [-0.2, 0) is 19.9 Å². The summed E-state index contributed by atoms with van der Waals surface area (Å²) in [5, 5.41) is 24.7. The Bertz CT molecular complexity index is 1690. The summed E-state index contributed by atoms with van der Waals surface area (Å²) < 4.78 is 67.1. The van der Waals surface area contributed by atoms with E-state index in [1.54, 1.807) is 0 Å². The average Bonchev–Trinajstić information content (AvgIpc) is 2.83. The van der Waals surface area contributed by atoms with E-state index in [1.807, 2.05) is 0 Å². The first-order chi connectivity index (χ1) is 17.4. The van der Waals surface area contributed by atoms with Crippen molar-refractivity contribution in [2.75, 3.05) is 15.9 Å². The van der Waals surface area contributed by atoms with Gasteiger partial charge in [0.05, 0.1) is 38.2 Å². The number of carboxylic acids is 1. The Morgan fingerprint density at radius 2 is 1.81 bits per heavy atom. The third-order valence-electron chi connectivity index (χ3n) is 5.37. The Morgan fingerprint density at radius 3 is 2.51 bits per heavy atom. The van der Waals surface area contributed by atoms with E-state index in [9.17, 15) is 41.2 Å². The van der Waals surface area contributed by atoms with E-state index in [0.29, 0.717) is 0 Å². The number of hydrogen-bond acceptors (Lipinski definition) is 9. The molecule has 4 rings (SSSR count). The number of non-ortho nitro benzene ring substituents is 1. The molecule has 1 aliphatic heterocycles. The van der Waals surface area contributed by atoms with Gasteiger partial charge in [-0.25, -0.2) is 26.0 Å². The summed E-state index contributed by atoms with van der Waals surface area (Å²) in [4.78, 5) is 21.2. The van der Waals surface area contributed by atoms with Crippen LogP contribution in [0.15, 0.2) is 75.6 Å². The number of fused-ring (bicyclic) bond motifs is 1. The molecule has 0 radical (unpaired) electrons. The molecule has 15 heteroatoms. The van der Waals surface area contributed by atoms with Gasteiger partial charge in [-0.1, -0.05) is 12.1 Å². The smallest absolute Gasteiger partial charge is 0.337 e. The highest BCUT2D eigenvalue weighted by Gasteiger charge is 2.29. The van der Waals surface area contributed by atoms with Crippen LogP contribution in [0, 0.1) is 15.9 Å². The molecule has 0 saturated heterocycles. The molecule has 0 bridgehead atoms. The van der Waals surface area contributed by atoms with Crippen molar-refractivity contribution in [1.82, 2.24) is 0 Å². The highest BCUT2D eigenvalue weighted by Crippen LogP contribution is 2.31. The second-order valence-corrected chi connectivity index (χ2v) is 11.5. The number of para-hydroxylation sites is 1. The Hall–Kier alpha value is -4.37. The molecule has 0 aliphatic carbocycles. The molecule has 3 aromatic rings. The quantitative estimate of drug-likeness (QED) is 0.226. The number of hydrogen-bond donors (Lipinski definition) is 3. The molecule has 1 aliphatic rings. The van der Waals surface area contributed by atoms with E-state index in [4.69, 9.17) is 0 Å². The first kappa shape index (κ1) is 25.7. The maximum Gasteiger partial charge on any atom is 0.337 e. The van der Waals surface area contributed by atoms with E-state index in [2.05, 4.69) is 15.2 Å². The van der Waals surface area contributed by atoms with Gasteiger partial charge in [-0.05, 0) is 36.4 Å². The third-order valence-corrected chi connectivity index (χ3v) is 8.55. The zero-order valence-corrected chi connectivity index (χ0v) is 20.2. The van der Waals surface area contributed by atoms with Crippen LogP contribution < -0.4 is 10.1 Å². The van der Waals surface area contributed by atoms with Crippen molar-refractivity contribution in [3.63, 3.8) is 0 Å². The fraction of sp³-hybridized carbons (Fsp3) is 0.0909. The molecule has 0 saturated carbocycles. The average molecular weight is 549 g/mol. The lowest BCUT2D eigenvalue weighted by molar-refractivity contribution is -0.385. The Morgan fingerprint density at radius 1 is 1.08 bits per heavy atom. The number of sulfone groups is 1. The van der Waals surface area contributed by atoms with Gasteiger partial charge in [0.25, 0.3) is 15.7 Å². The second kappa shape index (κ2) is 9.59. The van der Waals surface area contributed by atoms with Crippen molar-refractivity contribution >= 4 is 48.6 Å². The van der Waals surface area contributed by atoms with Crippen LogP contribution in [0.1, 0.15) is 22.3 Å². The molecule has 3 aromatic carbocycles. The molecule has 0 aromatic heterocycles. The van der Waals surface area contributed by atoms with E-state index >= 15 is 0 Å². The maximum absolute atomic E-state index is 13.9. The van der Waals surface area contributed by atoms with E-state index < -0.39 is 47.2 Å². The lowest BCUT2D eigenvalue weighted by atomic mass is 10.1. The number of hydrazone groups is 1. The van der Waals surface area contributed by atoms with Crippen molar-refractivity contribution in [3.8, 4) is 0 Å². The first-order valence-electron chi connectivity index (χ1n) is 10.4. The molecular weight excluding hydrogens is 531 g/mol. The number of nitro benzene ring substituents is 1. The molecule has 3 N–H and O–H groups in total. The number of halogens is 1. The molecule has 0 spiro atoms. The van der Waals surface area contributed by atoms with E-state index in [1.165, 1.54) is 24.3 Å². The van der Waals surface area contributed by atoms with Gasteiger partial charge in [0.1, 0.15) is 10.7 Å². The number of rotatable bonds is 7. The second-order valence-electron chi connectivity index (χ2n) is 7.77. The van der Waals surface area contributed by atoms with Gasteiger partial charge < -0.3 is 5.11 Å². The van der Waals surface area contributed by atoms with Gasteiger partial charge in [0, 0.05) is 24.1 Å². The van der Waals surface area contributed by atoms with E-state index in [0.717, 1.165) is 36.4 Å². The highest BCUT2D eigenvalue weighted by atomic mass is 32.2. The number of nitrogens with zero attached hydrogens (tertiary/aromatic N) is 2. The molecule has 0 fully saturated rings. The largest absolute Gasteiger partial charge is 0.478 e. The topological polar surface area (TPSA) is 185 Å². The Kier molecular flexibility index (Phi) is 6.66. The van der Waals surface area contributed by atoms with Gasteiger partial charge >= 0.3 is 5.97 Å². The lowest BCUT2D eigenvalue weighted by Crippen LogP contribution is -2.23. The van der Waals surface area contributed by atoms with Gasteiger partial charge in [0.15, 0.2) is 9.84 Å². The number of nitrogens with one attached hydrogen (secondary N) is 2. The minimum Gasteiger partial charge on any atom is -0.478 e. The summed E-state index contributed by atoms with van der Waals surface area (Å²) in [6.07, 6.45) is -0.106. The summed E-state index contributed by atoms with van der Waals surface area (Å²) in [5.74, 6) is -2.42. The summed E-state index contributed by atoms with van der Waals surface area (Å²) in [6.45, 7) is 0. The van der Waals surface area contributed by atoms with Gasteiger partial charge in [-0.15, -0.1) is 0 Å². The monoisotopic (exact) mass is 548 g/mol. The van der Waals surface area contributed by atoms with Crippen molar-refractivity contribution in [2.24, 2.45) is 5.10 Å². The number of aromatic carboxylic acids is 1. The fourth-order valence-electron chi connectivity index (χ4n) is 3.62. The maximum atomic E-state index is 13.9. The Labute approximate surface area is 209 Å². The Balaban J connectivity index is 1.77. The summed E-state index contributed by atoms with van der Waals surface area (Å²) in [5.41, 5.74) is 1.17. The number of nitro groups is 1. The third kappa shape index (κ3) is 5.26. The molecule has 0 unspecified atom stereocenters. The van der Waals surface area contributed by atoms with Crippen molar-refractivity contribution in [1.29, 1.82) is 0 Å². The molecule has 1 heterocycles. The van der Waals surface area contributed by atoms with Crippen LogP contribution in [0.25, 0.3) is 0 Å². The van der Waals surface area contributed by atoms with Crippen LogP contribution >= 0.6 is 0 Å². The molecule has 192 valence electrons. The number of carbonyl (C=O) groups is 1. The predicted octanol–water partition coefficient (Wildman–Crippen LogP) is 3.23. The molecule has 0 atom stereocenters. The van der Waals surface area contributed by atoms with Crippen LogP contribution in [0.5, 0.6) is 0 Å². The molecule has 37 heavy (non-hydrogen) atoms. The zero-order chi connectivity index (χ0) is 27.0. The summed E-state index contributed by atoms with van der Waals surface area (Å²) in [6, 6.07) is 11.1. The minimum absolute atomic E-state index is 0.00132. The first-order valence-corrected chi connectivity index (χ1v) is 13.5. The molecular formula is C22H17FN4O8S2. The summed E-state index contributed by atoms with van der Waals surface area (Å²) in [7, 11) is -8.27. The zero-order valence-electron chi connectivity index (χ0n) is 18.6. The van der Waals surface area contributed by atoms with Gasteiger partial charge in [-0.2, -0.15) is 5.10 Å². The van der Waals surface area contributed by atoms with Crippen LogP contribution in [0.3, 0.4) is 0 Å². The van der Waals surface area contributed by atoms with Crippen LogP contribution in [0.4, 0.5) is 21.5 Å². The number of anilines is 2. The minimum atomic E-state index is -4.60. The van der Waals surface area contributed by atoms with Crippen molar-refractivity contribution in [2.45, 2.75) is 16.2 Å². The number of benzene rings is 3. The standard InChI is InChI=1S/C22H17FN4O8S2/c23-13-5-8-20-16(11-13)17(9-10-36(20,32)33)24-25-19-7-6-14(27(30)31)12-21(19)37(34,35)26-18-4-2-1-3-15(18)22(28)29/h1-8,11-12,25-26H,9-10H2,(H,28,29)/b24-17-. The van der Waals surface area contributed by atoms with Crippen LogP contribution in [-0.4, -0.2) is 44.3 Å². The molecule has 0 amide bonds. The van der Waals surface area contributed by atoms with E-state index in [-0.39, 0.29) is 45.3 Å². The highest BCUT2D eigenvalue weighted by molar-refractivity contribution is 7.93. The van der Waals surface area contributed by atoms with Crippen molar-refractivity contribution < 1.29 is 36.1 Å². The number of sulfonamides is 1.